The lowest BCUT2D eigenvalue weighted by atomic mass is 10.2. The summed E-state index contributed by atoms with van der Waals surface area (Å²) in [5, 5.41) is 3.56. The smallest absolute Gasteiger partial charge is 0.148 e. The second kappa shape index (κ2) is 4.84. The molecule has 2 aromatic rings. The molecule has 0 saturated carbocycles. The Bertz CT molecular complexity index is 475. The molecular formula is C10H9BrClN3O. The predicted molar refractivity (Wildman–Crippen MR) is 65.5 cm³/mol. The van der Waals surface area contributed by atoms with Crippen molar-refractivity contribution < 1.29 is 4.42 Å². The number of furan rings is 1. The number of rotatable bonds is 3. The van der Waals surface area contributed by atoms with Crippen LogP contribution in [0, 0.1) is 0 Å². The van der Waals surface area contributed by atoms with Crippen LogP contribution in [-0.4, -0.2) is 9.97 Å². The molecule has 2 aromatic heterocycles. The predicted octanol–water partition coefficient (Wildman–Crippen LogP) is 3.66. The molecule has 0 radical (unpaired) electrons. The van der Waals surface area contributed by atoms with Gasteiger partial charge in [-0.3, -0.25) is 0 Å². The third kappa shape index (κ3) is 2.36. The molecule has 0 fully saturated rings. The Morgan fingerprint density at radius 1 is 1.50 bits per heavy atom. The summed E-state index contributed by atoms with van der Waals surface area (Å²) >= 11 is 9.18. The fourth-order valence-electron chi connectivity index (χ4n) is 1.26. The number of nitrogens with one attached hydrogen (secondary N) is 1. The Morgan fingerprint density at radius 3 is 3.00 bits per heavy atom. The molecule has 0 bridgehead atoms. The van der Waals surface area contributed by atoms with Crippen LogP contribution in [-0.2, 0) is 0 Å². The van der Waals surface area contributed by atoms with Gasteiger partial charge in [0.05, 0.1) is 16.8 Å². The first-order chi connectivity index (χ1) is 7.68. The molecular weight excluding hydrogens is 293 g/mol. The Kier molecular flexibility index (Phi) is 3.46. The molecule has 0 spiro atoms. The standard InChI is InChI=1S/C10H9BrClN3O/c1-6(7-3-2-4-16-7)15-10-8(11)9(12)13-5-14-10/h2-6H,1H3,(H,13,14,15). The van der Waals surface area contributed by atoms with Crippen LogP contribution in [0.5, 0.6) is 0 Å². The Hall–Kier alpha value is -1.07. The van der Waals surface area contributed by atoms with Crippen molar-refractivity contribution in [2.45, 2.75) is 13.0 Å². The molecule has 0 saturated heterocycles. The van der Waals surface area contributed by atoms with Gasteiger partial charge in [0.25, 0.3) is 0 Å². The molecule has 1 N–H and O–H groups in total. The molecule has 1 unspecified atom stereocenters. The monoisotopic (exact) mass is 301 g/mol. The second-order valence-corrected chi connectivity index (χ2v) is 4.36. The number of nitrogens with zero attached hydrogens (tertiary/aromatic N) is 2. The average Bonchev–Trinajstić information content (AvgIpc) is 2.78. The molecule has 4 nitrogen and oxygen atoms in total. The number of hydrogen-bond donors (Lipinski definition) is 1. The average molecular weight is 303 g/mol. The number of halogens is 2. The summed E-state index contributed by atoms with van der Waals surface area (Å²) in [7, 11) is 0. The molecule has 16 heavy (non-hydrogen) atoms. The summed E-state index contributed by atoms with van der Waals surface area (Å²) in [5.41, 5.74) is 0. The second-order valence-electron chi connectivity index (χ2n) is 3.21. The van der Waals surface area contributed by atoms with Crippen molar-refractivity contribution in [1.29, 1.82) is 0 Å². The van der Waals surface area contributed by atoms with E-state index in [9.17, 15) is 0 Å². The van der Waals surface area contributed by atoms with Gasteiger partial charge >= 0.3 is 0 Å². The molecule has 0 aromatic carbocycles. The SMILES string of the molecule is CC(Nc1ncnc(Cl)c1Br)c1ccco1. The maximum absolute atomic E-state index is 5.86. The fraction of sp³-hybridized carbons (Fsp3) is 0.200. The van der Waals surface area contributed by atoms with Gasteiger partial charge in [0, 0.05) is 0 Å². The molecule has 6 heteroatoms. The van der Waals surface area contributed by atoms with Crippen molar-refractivity contribution in [1.82, 2.24) is 9.97 Å². The third-order valence-electron chi connectivity index (χ3n) is 2.07. The lowest BCUT2D eigenvalue weighted by Gasteiger charge is -2.13. The van der Waals surface area contributed by atoms with Crippen LogP contribution < -0.4 is 5.32 Å². The largest absolute Gasteiger partial charge is 0.467 e. The zero-order valence-corrected chi connectivity index (χ0v) is 10.8. The highest BCUT2D eigenvalue weighted by molar-refractivity contribution is 9.10. The zero-order chi connectivity index (χ0) is 11.5. The summed E-state index contributed by atoms with van der Waals surface area (Å²) in [5.74, 6) is 1.48. The minimum Gasteiger partial charge on any atom is -0.467 e. The normalized spacial score (nSPS) is 12.4. The van der Waals surface area contributed by atoms with E-state index in [1.807, 2.05) is 19.1 Å². The van der Waals surface area contributed by atoms with Crippen molar-refractivity contribution in [3.05, 3.63) is 40.1 Å². The molecule has 1 atom stereocenters. The highest BCUT2D eigenvalue weighted by Gasteiger charge is 2.12. The summed E-state index contributed by atoms with van der Waals surface area (Å²) in [6.07, 6.45) is 3.04. The van der Waals surface area contributed by atoms with Crippen LogP contribution in [0.15, 0.2) is 33.6 Å². The van der Waals surface area contributed by atoms with Crippen molar-refractivity contribution in [2.75, 3.05) is 5.32 Å². The molecule has 0 aliphatic carbocycles. The summed E-state index contributed by atoms with van der Waals surface area (Å²) in [6, 6.07) is 3.75. The molecule has 0 aliphatic rings. The van der Waals surface area contributed by atoms with Crippen LogP contribution >= 0.6 is 27.5 Å². The van der Waals surface area contributed by atoms with E-state index in [1.165, 1.54) is 6.33 Å². The fourth-order valence-corrected chi connectivity index (χ4v) is 1.72. The van der Waals surface area contributed by atoms with Gasteiger partial charge in [0.1, 0.15) is 23.1 Å². The van der Waals surface area contributed by atoms with Gasteiger partial charge in [-0.25, -0.2) is 9.97 Å². The van der Waals surface area contributed by atoms with E-state index in [-0.39, 0.29) is 6.04 Å². The van der Waals surface area contributed by atoms with Crippen LogP contribution in [0.1, 0.15) is 18.7 Å². The lowest BCUT2D eigenvalue weighted by Crippen LogP contribution is -2.08. The Balaban J connectivity index is 2.18. The van der Waals surface area contributed by atoms with E-state index in [4.69, 9.17) is 16.0 Å². The summed E-state index contributed by atoms with van der Waals surface area (Å²) in [6.45, 7) is 1.97. The summed E-state index contributed by atoms with van der Waals surface area (Å²) < 4.78 is 5.93. The molecule has 2 heterocycles. The summed E-state index contributed by atoms with van der Waals surface area (Å²) in [4.78, 5) is 7.95. The Labute approximate surface area is 106 Å². The first-order valence-corrected chi connectivity index (χ1v) is 5.81. The van der Waals surface area contributed by atoms with Gasteiger partial charge < -0.3 is 9.73 Å². The minimum atomic E-state index is 0.0114. The number of anilines is 1. The van der Waals surface area contributed by atoms with Crippen LogP contribution in [0.3, 0.4) is 0 Å². The quantitative estimate of drug-likeness (QED) is 0.879. The Morgan fingerprint density at radius 2 is 2.31 bits per heavy atom. The molecule has 0 aliphatic heterocycles. The van der Waals surface area contributed by atoms with Crippen molar-refractivity contribution >= 4 is 33.3 Å². The van der Waals surface area contributed by atoms with Crippen molar-refractivity contribution in [3.8, 4) is 0 Å². The van der Waals surface area contributed by atoms with E-state index >= 15 is 0 Å². The van der Waals surface area contributed by atoms with Crippen LogP contribution in [0.2, 0.25) is 5.15 Å². The van der Waals surface area contributed by atoms with Crippen molar-refractivity contribution in [2.24, 2.45) is 0 Å². The van der Waals surface area contributed by atoms with E-state index in [0.29, 0.717) is 15.4 Å². The van der Waals surface area contributed by atoms with E-state index in [1.54, 1.807) is 6.26 Å². The first-order valence-electron chi connectivity index (χ1n) is 4.64. The minimum absolute atomic E-state index is 0.0114. The molecule has 84 valence electrons. The van der Waals surface area contributed by atoms with Crippen LogP contribution in [0.25, 0.3) is 0 Å². The van der Waals surface area contributed by atoms with Crippen LogP contribution in [0.4, 0.5) is 5.82 Å². The lowest BCUT2D eigenvalue weighted by molar-refractivity contribution is 0.490. The van der Waals surface area contributed by atoms with Crippen molar-refractivity contribution in [3.63, 3.8) is 0 Å². The first kappa shape index (κ1) is 11.4. The maximum Gasteiger partial charge on any atom is 0.148 e. The van der Waals surface area contributed by atoms with E-state index in [0.717, 1.165) is 5.76 Å². The number of aromatic nitrogens is 2. The van der Waals surface area contributed by atoms with Gasteiger partial charge in [0.2, 0.25) is 0 Å². The van der Waals surface area contributed by atoms with Gasteiger partial charge in [-0.05, 0) is 35.0 Å². The van der Waals surface area contributed by atoms with Gasteiger partial charge in [0.15, 0.2) is 0 Å². The van der Waals surface area contributed by atoms with E-state index in [2.05, 4.69) is 31.2 Å². The van der Waals surface area contributed by atoms with Gasteiger partial charge in [-0.1, -0.05) is 11.6 Å². The highest BCUT2D eigenvalue weighted by atomic mass is 79.9. The zero-order valence-electron chi connectivity index (χ0n) is 8.45. The van der Waals surface area contributed by atoms with Gasteiger partial charge in [-0.2, -0.15) is 0 Å². The van der Waals surface area contributed by atoms with E-state index < -0.39 is 0 Å². The van der Waals surface area contributed by atoms with Gasteiger partial charge in [-0.15, -0.1) is 0 Å². The highest BCUT2D eigenvalue weighted by Crippen LogP contribution is 2.28. The molecule has 2 rings (SSSR count). The topological polar surface area (TPSA) is 51.0 Å². The molecule has 0 amide bonds. The third-order valence-corrected chi connectivity index (χ3v) is 3.34. The maximum atomic E-state index is 5.86. The number of hydrogen-bond acceptors (Lipinski definition) is 4.